The van der Waals surface area contributed by atoms with Crippen LogP contribution in [0, 0.1) is 0 Å². The van der Waals surface area contributed by atoms with Gasteiger partial charge in [0.2, 0.25) is 5.58 Å². The molecule has 1 amide bonds. The van der Waals surface area contributed by atoms with Crippen molar-refractivity contribution in [2.75, 3.05) is 23.7 Å². The topological polar surface area (TPSA) is 148 Å². The SMILES string of the molecule is Nc1noc2c(N3CCC(NC(=O)c4ccc(-n5cn[nH]c5=O)cc4Cl)C3)ncc(Cl)c12. The van der Waals surface area contributed by atoms with Gasteiger partial charge in [0.25, 0.3) is 5.91 Å². The maximum Gasteiger partial charge on any atom is 0.347 e. The summed E-state index contributed by atoms with van der Waals surface area (Å²) in [6, 6.07) is 4.60. The molecule has 4 aromatic rings. The first-order valence-electron chi connectivity index (χ1n) is 9.59. The van der Waals surface area contributed by atoms with Gasteiger partial charge in [-0.2, -0.15) is 5.10 Å². The summed E-state index contributed by atoms with van der Waals surface area (Å²) in [5.41, 5.74) is 6.66. The van der Waals surface area contributed by atoms with E-state index in [4.69, 9.17) is 33.5 Å². The highest BCUT2D eigenvalue weighted by molar-refractivity contribution is 6.36. The van der Waals surface area contributed by atoms with E-state index in [0.29, 0.717) is 52.6 Å². The minimum Gasteiger partial charge on any atom is -0.380 e. The third-order valence-electron chi connectivity index (χ3n) is 5.31. The zero-order chi connectivity index (χ0) is 22.4. The summed E-state index contributed by atoms with van der Waals surface area (Å²) in [4.78, 5) is 30.9. The first kappa shape index (κ1) is 20.3. The van der Waals surface area contributed by atoms with Gasteiger partial charge in [-0.25, -0.2) is 19.4 Å². The third kappa shape index (κ3) is 3.45. The number of aromatic amines is 1. The summed E-state index contributed by atoms with van der Waals surface area (Å²) < 4.78 is 6.62. The van der Waals surface area contributed by atoms with Crippen LogP contribution in [0.1, 0.15) is 16.8 Å². The van der Waals surface area contributed by atoms with Gasteiger partial charge in [-0.05, 0) is 24.6 Å². The molecule has 164 valence electrons. The molecule has 1 atom stereocenters. The van der Waals surface area contributed by atoms with Gasteiger partial charge >= 0.3 is 5.69 Å². The van der Waals surface area contributed by atoms with E-state index < -0.39 is 5.69 Å². The molecule has 1 aliphatic rings. The van der Waals surface area contributed by atoms with Crippen molar-refractivity contribution in [1.82, 2.24) is 30.2 Å². The molecule has 0 bridgehead atoms. The fourth-order valence-corrected chi connectivity index (χ4v) is 4.25. The lowest BCUT2D eigenvalue weighted by molar-refractivity contribution is 0.0940. The van der Waals surface area contributed by atoms with Gasteiger partial charge in [0.1, 0.15) is 6.33 Å². The van der Waals surface area contributed by atoms with Crippen LogP contribution in [0.25, 0.3) is 16.7 Å². The Morgan fingerprint density at radius 1 is 1.31 bits per heavy atom. The number of rotatable bonds is 4. The number of nitrogens with two attached hydrogens (primary N) is 1. The Kier molecular flexibility index (Phi) is 4.98. The second kappa shape index (κ2) is 7.84. The van der Waals surface area contributed by atoms with Crippen molar-refractivity contribution in [1.29, 1.82) is 0 Å². The van der Waals surface area contributed by atoms with Gasteiger partial charge in [0, 0.05) is 25.3 Å². The van der Waals surface area contributed by atoms with Crippen molar-refractivity contribution in [3.63, 3.8) is 0 Å². The monoisotopic (exact) mass is 474 g/mol. The minimum absolute atomic E-state index is 0.137. The normalized spacial score (nSPS) is 16.1. The van der Waals surface area contributed by atoms with E-state index in [1.165, 1.54) is 23.2 Å². The molecule has 0 aliphatic carbocycles. The number of hydrogen-bond acceptors (Lipinski definition) is 8. The fraction of sp³-hybridized carbons (Fsp3) is 0.211. The Labute approximate surface area is 190 Å². The van der Waals surface area contributed by atoms with Gasteiger partial charge in [-0.1, -0.05) is 28.4 Å². The second-order valence-electron chi connectivity index (χ2n) is 7.30. The number of pyridine rings is 1. The van der Waals surface area contributed by atoms with E-state index >= 15 is 0 Å². The number of anilines is 2. The van der Waals surface area contributed by atoms with Crippen molar-refractivity contribution >= 4 is 51.7 Å². The van der Waals surface area contributed by atoms with E-state index in [-0.39, 0.29) is 22.8 Å². The second-order valence-corrected chi connectivity index (χ2v) is 8.12. The number of carbonyl (C=O) groups excluding carboxylic acids is 1. The molecule has 1 aliphatic heterocycles. The van der Waals surface area contributed by atoms with Gasteiger partial charge in [-0.15, -0.1) is 0 Å². The number of hydrogen-bond donors (Lipinski definition) is 3. The van der Waals surface area contributed by atoms with Crippen molar-refractivity contribution in [2.24, 2.45) is 0 Å². The maximum atomic E-state index is 12.8. The van der Waals surface area contributed by atoms with Crippen LogP contribution in [0.3, 0.4) is 0 Å². The van der Waals surface area contributed by atoms with Crippen LogP contribution in [0.5, 0.6) is 0 Å². The molecule has 4 N–H and O–H groups in total. The Hall–Kier alpha value is -3.57. The van der Waals surface area contributed by atoms with E-state index in [9.17, 15) is 9.59 Å². The van der Waals surface area contributed by atoms with Crippen molar-refractivity contribution in [2.45, 2.75) is 12.5 Å². The first-order chi connectivity index (χ1) is 15.4. The largest absolute Gasteiger partial charge is 0.380 e. The van der Waals surface area contributed by atoms with E-state index in [0.717, 1.165) is 0 Å². The lowest BCUT2D eigenvalue weighted by Gasteiger charge is -2.18. The summed E-state index contributed by atoms with van der Waals surface area (Å²) in [6.07, 6.45) is 3.54. The quantitative estimate of drug-likeness (QED) is 0.406. The molecular formula is C19H16Cl2N8O3. The molecule has 5 rings (SSSR count). The summed E-state index contributed by atoms with van der Waals surface area (Å²) in [5.74, 6) is 0.456. The number of nitrogens with zero attached hydrogens (tertiary/aromatic N) is 5. The number of aromatic nitrogens is 5. The number of benzene rings is 1. The molecule has 13 heteroatoms. The highest BCUT2D eigenvalue weighted by Gasteiger charge is 2.29. The third-order valence-corrected chi connectivity index (χ3v) is 5.91. The molecule has 11 nitrogen and oxygen atoms in total. The van der Waals surface area contributed by atoms with Gasteiger partial charge in [0.05, 0.1) is 26.7 Å². The van der Waals surface area contributed by atoms with Gasteiger partial charge in [-0.3, -0.25) is 4.79 Å². The molecule has 1 fully saturated rings. The molecule has 1 saturated heterocycles. The molecule has 3 aromatic heterocycles. The van der Waals surface area contributed by atoms with Crippen LogP contribution in [0.4, 0.5) is 11.6 Å². The van der Waals surface area contributed by atoms with Crippen LogP contribution in [-0.2, 0) is 0 Å². The highest BCUT2D eigenvalue weighted by atomic mass is 35.5. The predicted molar refractivity (Wildman–Crippen MR) is 119 cm³/mol. The number of carbonyl (C=O) groups is 1. The van der Waals surface area contributed by atoms with Crippen molar-refractivity contribution < 1.29 is 9.32 Å². The Balaban J connectivity index is 1.31. The molecule has 0 saturated carbocycles. The summed E-state index contributed by atoms with van der Waals surface area (Å²) in [6.45, 7) is 1.15. The molecule has 0 spiro atoms. The number of fused-ring (bicyclic) bond motifs is 1. The van der Waals surface area contributed by atoms with Crippen LogP contribution in [-0.4, -0.2) is 49.9 Å². The minimum atomic E-state index is -0.400. The van der Waals surface area contributed by atoms with Crippen molar-refractivity contribution in [3.8, 4) is 5.69 Å². The maximum absolute atomic E-state index is 12.8. The number of H-pyrrole nitrogens is 1. The van der Waals surface area contributed by atoms with Gasteiger partial charge < -0.3 is 20.5 Å². The molecule has 4 heterocycles. The number of amides is 1. The van der Waals surface area contributed by atoms with E-state index in [2.05, 4.69) is 25.7 Å². The lowest BCUT2D eigenvalue weighted by Crippen LogP contribution is -2.37. The van der Waals surface area contributed by atoms with E-state index in [1.807, 2.05) is 4.90 Å². The first-order valence-corrected chi connectivity index (χ1v) is 10.3. The summed E-state index contributed by atoms with van der Waals surface area (Å²) >= 11 is 12.5. The number of nitrogen functional groups attached to an aromatic ring is 1. The molecule has 1 aromatic carbocycles. The average Bonchev–Trinajstić information content (AvgIpc) is 3.49. The van der Waals surface area contributed by atoms with Crippen molar-refractivity contribution in [3.05, 3.63) is 56.8 Å². The Morgan fingerprint density at radius 2 is 2.16 bits per heavy atom. The fourth-order valence-electron chi connectivity index (χ4n) is 3.76. The standard InChI is InChI=1S/C19H16Cl2N8O3/c20-12-5-10(29-8-24-26-19(29)31)1-2-11(12)18(30)25-9-3-4-28(7-9)17-15-14(13(21)6-23-17)16(22)27-32-15/h1-2,5-6,8-9H,3-4,7H2,(H2,22,27)(H,25,30)(H,26,31). The molecule has 32 heavy (non-hydrogen) atoms. The molecule has 0 radical (unpaired) electrons. The number of nitrogens with one attached hydrogen (secondary N) is 2. The van der Waals surface area contributed by atoms with Crippen LogP contribution < -0.4 is 21.6 Å². The van der Waals surface area contributed by atoms with Gasteiger partial charge in [0.15, 0.2) is 11.6 Å². The highest BCUT2D eigenvalue weighted by Crippen LogP contribution is 2.35. The summed E-state index contributed by atoms with van der Waals surface area (Å²) in [5, 5.41) is 13.9. The number of halogens is 2. The Bertz CT molecular complexity index is 1390. The summed E-state index contributed by atoms with van der Waals surface area (Å²) in [7, 11) is 0. The predicted octanol–water partition coefficient (Wildman–Crippen LogP) is 1.99. The van der Waals surface area contributed by atoms with Crippen LogP contribution in [0.2, 0.25) is 10.0 Å². The zero-order valence-corrected chi connectivity index (χ0v) is 17.9. The molecular weight excluding hydrogens is 459 g/mol. The average molecular weight is 475 g/mol. The Morgan fingerprint density at radius 3 is 2.91 bits per heavy atom. The van der Waals surface area contributed by atoms with Crippen LogP contribution >= 0.6 is 23.2 Å². The lowest BCUT2D eigenvalue weighted by atomic mass is 10.1. The van der Waals surface area contributed by atoms with E-state index in [1.54, 1.807) is 12.1 Å². The smallest absolute Gasteiger partial charge is 0.347 e. The van der Waals surface area contributed by atoms with Crippen LogP contribution in [0.15, 0.2) is 40.0 Å². The molecule has 1 unspecified atom stereocenters. The zero-order valence-electron chi connectivity index (χ0n) is 16.4.